The van der Waals surface area contributed by atoms with Crippen LogP contribution in [0, 0.1) is 11.8 Å². The lowest BCUT2D eigenvalue weighted by Crippen LogP contribution is -2.64. The van der Waals surface area contributed by atoms with Gasteiger partial charge in [-0.1, -0.05) is 23.4 Å². The van der Waals surface area contributed by atoms with Gasteiger partial charge in [0.05, 0.1) is 11.2 Å². The largest absolute Gasteiger partial charge is 0.465 e. The van der Waals surface area contributed by atoms with Crippen molar-refractivity contribution in [2.24, 2.45) is 11.8 Å². The van der Waals surface area contributed by atoms with E-state index in [0.717, 1.165) is 35.2 Å². The molecule has 30 heavy (non-hydrogen) atoms. The summed E-state index contributed by atoms with van der Waals surface area (Å²) in [5, 5.41) is 12.8. The van der Waals surface area contributed by atoms with E-state index in [1.54, 1.807) is 18.5 Å². The van der Waals surface area contributed by atoms with Gasteiger partial charge in [-0.25, -0.2) is 24.7 Å². The van der Waals surface area contributed by atoms with Crippen LogP contribution in [0.15, 0.2) is 40.5 Å². The molecule has 1 saturated carbocycles. The van der Waals surface area contributed by atoms with Crippen molar-refractivity contribution in [1.29, 1.82) is 0 Å². The maximum atomic E-state index is 10.9. The molecule has 2 aliphatic heterocycles. The van der Waals surface area contributed by atoms with Crippen LogP contribution in [0.25, 0.3) is 11.2 Å². The molecular formula is C19H18ClN7O2S. The fraction of sp³-hybridized carbons (Fsp3) is 0.316. The van der Waals surface area contributed by atoms with Crippen LogP contribution in [-0.2, 0) is 0 Å². The Kier molecular flexibility index (Phi) is 4.75. The highest BCUT2D eigenvalue weighted by molar-refractivity contribution is 7.99. The molecule has 2 bridgehead atoms. The molecule has 3 aliphatic rings. The summed E-state index contributed by atoms with van der Waals surface area (Å²) >= 11 is 7.61. The van der Waals surface area contributed by atoms with Crippen molar-refractivity contribution in [3.63, 3.8) is 0 Å². The standard InChI is InChI=1S/C19H18ClN7O2S/c20-15-12(3-4-22-17(15)21)30-14-2-1-11-18(25-14)23-6-13(24-11)27-7-9-5-10(8-27)16(9)26-19(28)29/h1-4,6,9-10,16,26H,5,7-8H2,(H2,21,22)(H,28,29)/t9-,10+,16?. The van der Waals surface area contributed by atoms with Gasteiger partial charge in [-0.05, 0) is 36.5 Å². The summed E-state index contributed by atoms with van der Waals surface area (Å²) in [5.74, 6) is 1.70. The number of carbonyl (C=O) groups is 1. The number of fused-ring (bicyclic) bond motifs is 3. The summed E-state index contributed by atoms with van der Waals surface area (Å²) in [7, 11) is 0. The molecule has 0 radical (unpaired) electrons. The van der Waals surface area contributed by atoms with Crippen molar-refractivity contribution < 1.29 is 9.90 Å². The van der Waals surface area contributed by atoms with Crippen molar-refractivity contribution >= 4 is 52.3 Å². The minimum atomic E-state index is -0.955. The monoisotopic (exact) mass is 443 g/mol. The summed E-state index contributed by atoms with van der Waals surface area (Å²) in [4.78, 5) is 31.6. The number of rotatable bonds is 4. The van der Waals surface area contributed by atoms with Gasteiger partial charge in [0, 0.05) is 30.2 Å². The van der Waals surface area contributed by atoms with Gasteiger partial charge >= 0.3 is 6.09 Å². The van der Waals surface area contributed by atoms with Crippen LogP contribution in [0.4, 0.5) is 16.4 Å². The molecule has 0 aromatic carbocycles. The zero-order chi connectivity index (χ0) is 20.8. The van der Waals surface area contributed by atoms with Gasteiger partial charge in [0.2, 0.25) is 0 Å². The van der Waals surface area contributed by atoms with Crippen LogP contribution in [0.2, 0.25) is 5.02 Å². The van der Waals surface area contributed by atoms with Crippen molar-refractivity contribution in [1.82, 2.24) is 25.3 Å². The molecule has 11 heteroatoms. The van der Waals surface area contributed by atoms with Gasteiger partial charge in [-0.3, -0.25) is 0 Å². The van der Waals surface area contributed by atoms with Crippen LogP contribution in [-0.4, -0.2) is 50.3 Å². The third-order valence-corrected chi connectivity index (χ3v) is 7.11. The van der Waals surface area contributed by atoms with Gasteiger partial charge in [0.1, 0.15) is 22.2 Å². The minimum Gasteiger partial charge on any atom is -0.465 e. The average Bonchev–Trinajstić information content (AvgIpc) is 2.75. The molecule has 1 aliphatic carbocycles. The normalized spacial score (nSPS) is 22.6. The smallest absolute Gasteiger partial charge is 0.404 e. The zero-order valence-electron chi connectivity index (χ0n) is 15.7. The topological polar surface area (TPSA) is 130 Å². The summed E-state index contributed by atoms with van der Waals surface area (Å²) in [5.41, 5.74) is 7.02. The maximum Gasteiger partial charge on any atom is 0.404 e. The Hall–Kier alpha value is -2.85. The van der Waals surface area contributed by atoms with Crippen molar-refractivity contribution in [2.45, 2.75) is 22.4 Å². The molecule has 0 spiro atoms. The van der Waals surface area contributed by atoms with Crippen LogP contribution < -0.4 is 16.0 Å². The van der Waals surface area contributed by atoms with Crippen LogP contribution in [0.5, 0.6) is 0 Å². The molecule has 3 atom stereocenters. The summed E-state index contributed by atoms with van der Waals surface area (Å²) in [6, 6.07) is 5.60. The highest BCUT2D eigenvalue weighted by atomic mass is 35.5. The minimum absolute atomic E-state index is 0.0439. The van der Waals surface area contributed by atoms with Crippen LogP contribution >= 0.6 is 23.4 Å². The average molecular weight is 444 g/mol. The fourth-order valence-electron chi connectivity index (χ4n) is 4.17. The van der Waals surface area contributed by atoms with Crippen LogP contribution in [0.3, 0.4) is 0 Å². The van der Waals surface area contributed by atoms with E-state index < -0.39 is 6.09 Å². The first kappa shape index (κ1) is 19.1. The first-order chi connectivity index (χ1) is 14.5. The molecule has 1 unspecified atom stereocenters. The van der Waals surface area contributed by atoms with E-state index in [2.05, 4.69) is 25.2 Å². The number of aromatic nitrogens is 4. The molecule has 9 nitrogen and oxygen atoms in total. The number of hydrogen-bond acceptors (Lipinski definition) is 8. The van der Waals surface area contributed by atoms with E-state index in [-0.39, 0.29) is 11.9 Å². The molecular weight excluding hydrogens is 426 g/mol. The van der Waals surface area contributed by atoms with E-state index in [4.69, 9.17) is 27.4 Å². The molecule has 1 amide bonds. The van der Waals surface area contributed by atoms with E-state index >= 15 is 0 Å². The molecule has 2 saturated heterocycles. The van der Waals surface area contributed by atoms with E-state index in [1.165, 1.54) is 11.8 Å². The number of nitrogen functional groups attached to an aromatic ring is 1. The first-order valence-corrected chi connectivity index (χ1v) is 10.6. The molecule has 3 fully saturated rings. The second-order valence-electron chi connectivity index (χ2n) is 7.47. The SMILES string of the molecule is Nc1nccc(Sc2ccc3nc(N4C[C@H]5C[C@@H](C4)C5NC(=O)O)cnc3n2)c1Cl. The molecule has 4 N–H and O–H groups in total. The predicted molar refractivity (Wildman–Crippen MR) is 114 cm³/mol. The number of halogens is 1. The number of nitrogens with zero attached hydrogens (tertiary/aromatic N) is 5. The third-order valence-electron chi connectivity index (χ3n) is 5.61. The van der Waals surface area contributed by atoms with E-state index in [0.29, 0.717) is 28.0 Å². The number of carboxylic acid groups (broad SMARTS) is 1. The second-order valence-corrected chi connectivity index (χ2v) is 8.91. The highest BCUT2D eigenvalue weighted by Crippen LogP contribution is 2.41. The van der Waals surface area contributed by atoms with Gasteiger partial charge in [-0.15, -0.1) is 0 Å². The Morgan fingerprint density at radius 3 is 2.80 bits per heavy atom. The number of nitrogens with two attached hydrogens (primary N) is 1. The molecule has 5 heterocycles. The molecule has 6 rings (SSSR count). The Morgan fingerprint density at radius 2 is 2.03 bits per heavy atom. The lowest BCUT2D eigenvalue weighted by molar-refractivity contribution is 0.0808. The quantitative estimate of drug-likeness (QED) is 0.556. The second kappa shape index (κ2) is 7.44. The number of nitrogens with one attached hydrogen (secondary N) is 1. The van der Waals surface area contributed by atoms with Gasteiger partial charge in [0.25, 0.3) is 0 Å². The number of hydrogen-bond donors (Lipinski definition) is 3. The van der Waals surface area contributed by atoms with Crippen LogP contribution in [0.1, 0.15) is 6.42 Å². The van der Waals surface area contributed by atoms with Crippen molar-refractivity contribution in [3.8, 4) is 0 Å². The number of anilines is 2. The molecule has 3 aromatic heterocycles. The summed E-state index contributed by atoms with van der Waals surface area (Å²) in [6.07, 6.45) is 3.43. The van der Waals surface area contributed by atoms with Gasteiger partial charge in [-0.2, -0.15) is 0 Å². The lowest BCUT2D eigenvalue weighted by atomic mass is 9.66. The van der Waals surface area contributed by atoms with E-state index in [1.807, 2.05) is 12.1 Å². The molecule has 154 valence electrons. The Bertz CT molecular complexity index is 1140. The van der Waals surface area contributed by atoms with Crippen molar-refractivity contribution in [2.75, 3.05) is 23.7 Å². The molecule has 3 aromatic rings. The predicted octanol–water partition coefficient (Wildman–Crippen LogP) is 2.90. The first-order valence-electron chi connectivity index (χ1n) is 9.44. The summed E-state index contributed by atoms with van der Waals surface area (Å²) < 4.78 is 0. The fourth-order valence-corrected chi connectivity index (χ4v) is 5.22. The van der Waals surface area contributed by atoms with Gasteiger partial charge in [0.15, 0.2) is 5.65 Å². The number of pyridine rings is 2. The van der Waals surface area contributed by atoms with Gasteiger partial charge < -0.3 is 21.1 Å². The Morgan fingerprint density at radius 1 is 1.23 bits per heavy atom. The Balaban J connectivity index is 1.33. The summed E-state index contributed by atoms with van der Waals surface area (Å²) in [6.45, 7) is 1.54. The van der Waals surface area contributed by atoms with Crippen molar-refractivity contribution in [3.05, 3.63) is 35.6 Å². The maximum absolute atomic E-state index is 10.9. The highest BCUT2D eigenvalue weighted by Gasteiger charge is 2.47. The third kappa shape index (κ3) is 3.46. The number of amides is 1. The number of piperidine rings is 2. The lowest BCUT2D eigenvalue weighted by Gasteiger charge is -2.53. The zero-order valence-corrected chi connectivity index (χ0v) is 17.3. The Labute approximate surface area is 181 Å². The van der Waals surface area contributed by atoms with E-state index in [9.17, 15) is 4.79 Å².